The molecule has 0 spiro atoms. The molecular formula is C12H17N3O6. The second kappa shape index (κ2) is 7.27. The molecule has 1 aromatic heterocycles. The number of nitrogens with zero attached hydrogens (tertiary/aromatic N) is 2. The molecule has 0 aliphatic carbocycles. The molecule has 0 bridgehead atoms. The van der Waals surface area contributed by atoms with Crippen LogP contribution in [-0.2, 0) is 25.4 Å². The van der Waals surface area contributed by atoms with Gasteiger partial charge in [-0.05, 0) is 13.8 Å². The van der Waals surface area contributed by atoms with Gasteiger partial charge in [-0.1, -0.05) is 0 Å². The lowest BCUT2D eigenvalue weighted by Gasteiger charge is -2.10. The monoisotopic (exact) mass is 299 g/mol. The minimum atomic E-state index is -0.767. The molecule has 0 aliphatic heterocycles. The van der Waals surface area contributed by atoms with E-state index in [-0.39, 0.29) is 24.5 Å². The molecule has 0 radical (unpaired) electrons. The van der Waals surface area contributed by atoms with Gasteiger partial charge >= 0.3 is 18.0 Å². The van der Waals surface area contributed by atoms with Crippen LogP contribution in [0.25, 0.3) is 0 Å². The number of esters is 2. The van der Waals surface area contributed by atoms with E-state index in [9.17, 15) is 14.4 Å². The lowest BCUT2D eigenvalue weighted by molar-refractivity contribution is -0.142. The molecule has 0 fully saturated rings. The van der Waals surface area contributed by atoms with E-state index in [1.807, 2.05) is 0 Å². The van der Waals surface area contributed by atoms with Crippen molar-refractivity contribution in [3.05, 3.63) is 17.2 Å². The molecular weight excluding hydrogens is 282 g/mol. The molecule has 0 atom stereocenters. The summed E-state index contributed by atoms with van der Waals surface area (Å²) in [5.41, 5.74) is 2.66. The highest BCUT2D eigenvalue weighted by Gasteiger charge is 2.23. The molecule has 21 heavy (non-hydrogen) atoms. The SMILES string of the molecule is CCOC(=O)Cc1nc(C(=O)OC)c(C)n1NC(=O)OC. The van der Waals surface area contributed by atoms with E-state index in [0.717, 1.165) is 0 Å². The summed E-state index contributed by atoms with van der Waals surface area (Å²) in [6.45, 7) is 3.43. The Bertz CT molecular complexity index is 551. The fourth-order valence-electron chi connectivity index (χ4n) is 1.59. The molecule has 1 aromatic rings. The summed E-state index contributed by atoms with van der Waals surface area (Å²) in [7, 11) is 2.40. The molecule has 0 aromatic carbocycles. The first kappa shape index (κ1) is 16.5. The number of rotatable bonds is 5. The summed E-state index contributed by atoms with van der Waals surface area (Å²) in [4.78, 5) is 38.5. The average Bonchev–Trinajstić information content (AvgIpc) is 2.75. The van der Waals surface area contributed by atoms with Crippen molar-refractivity contribution in [1.82, 2.24) is 9.66 Å². The Kier molecular flexibility index (Phi) is 5.70. The number of hydrogen-bond donors (Lipinski definition) is 1. The Hall–Kier alpha value is -2.58. The first-order valence-electron chi connectivity index (χ1n) is 6.11. The molecule has 1 N–H and O–H groups in total. The van der Waals surface area contributed by atoms with Crippen LogP contribution in [0.4, 0.5) is 4.79 Å². The molecule has 1 amide bonds. The summed E-state index contributed by atoms with van der Waals surface area (Å²) in [6, 6.07) is 0. The molecule has 0 saturated heterocycles. The van der Waals surface area contributed by atoms with E-state index < -0.39 is 18.0 Å². The highest BCUT2D eigenvalue weighted by molar-refractivity contribution is 5.89. The minimum absolute atomic E-state index is 0.00629. The van der Waals surface area contributed by atoms with Crippen LogP contribution in [0.2, 0.25) is 0 Å². The lowest BCUT2D eigenvalue weighted by atomic mass is 10.3. The van der Waals surface area contributed by atoms with Crippen molar-refractivity contribution in [1.29, 1.82) is 0 Å². The fraction of sp³-hybridized carbons (Fsp3) is 0.500. The van der Waals surface area contributed by atoms with Crippen molar-refractivity contribution in [2.24, 2.45) is 0 Å². The highest BCUT2D eigenvalue weighted by atomic mass is 16.5. The van der Waals surface area contributed by atoms with E-state index in [4.69, 9.17) is 4.74 Å². The van der Waals surface area contributed by atoms with Crippen molar-refractivity contribution in [3.63, 3.8) is 0 Å². The van der Waals surface area contributed by atoms with E-state index in [2.05, 4.69) is 19.9 Å². The number of hydrogen-bond acceptors (Lipinski definition) is 7. The van der Waals surface area contributed by atoms with E-state index in [1.165, 1.54) is 18.9 Å². The molecule has 9 nitrogen and oxygen atoms in total. The van der Waals surface area contributed by atoms with Crippen LogP contribution in [0, 0.1) is 6.92 Å². The van der Waals surface area contributed by atoms with Gasteiger partial charge in [0.1, 0.15) is 12.2 Å². The van der Waals surface area contributed by atoms with Crippen molar-refractivity contribution in [2.45, 2.75) is 20.3 Å². The quantitative estimate of drug-likeness (QED) is 0.619. The topological polar surface area (TPSA) is 109 Å². The summed E-state index contributed by atoms with van der Waals surface area (Å²) in [6.07, 6.45) is -0.979. The zero-order valence-electron chi connectivity index (χ0n) is 12.3. The van der Waals surface area contributed by atoms with Crippen LogP contribution in [0.1, 0.15) is 28.9 Å². The highest BCUT2D eigenvalue weighted by Crippen LogP contribution is 2.12. The van der Waals surface area contributed by atoms with Crippen LogP contribution >= 0.6 is 0 Å². The Morgan fingerprint density at radius 1 is 1.24 bits per heavy atom. The van der Waals surface area contributed by atoms with Gasteiger partial charge in [-0.2, -0.15) is 0 Å². The van der Waals surface area contributed by atoms with Gasteiger partial charge in [0.15, 0.2) is 5.69 Å². The van der Waals surface area contributed by atoms with Crippen LogP contribution in [0.5, 0.6) is 0 Å². The van der Waals surface area contributed by atoms with Crippen molar-refractivity contribution in [2.75, 3.05) is 26.3 Å². The third kappa shape index (κ3) is 3.94. The third-order valence-electron chi connectivity index (χ3n) is 2.55. The molecule has 1 heterocycles. The largest absolute Gasteiger partial charge is 0.466 e. The van der Waals surface area contributed by atoms with Gasteiger partial charge in [-0.3, -0.25) is 4.79 Å². The first-order valence-corrected chi connectivity index (χ1v) is 6.11. The summed E-state index contributed by atoms with van der Waals surface area (Å²) in [5, 5.41) is 0. The van der Waals surface area contributed by atoms with E-state index in [1.54, 1.807) is 13.8 Å². The second-order valence-electron chi connectivity index (χ2n) is 3.87. The maximum atomic E-state index is 11.6. The number of carbonyl (C=O) groups is 3. The predicted octanol–water partition coefficient (Wildman–Crippen LogP) is 0.394. The van der Waals surface area contributed by atoms with Crippen molar-refractivity contribution in [3.8, 4) is 0 Å². The molecule has 116 valence electrons. The third-order valence-corrected chi connectivity index (χ3v) is 2.55. The predicted molar refractivity (Wildman–Crippen MR) is 70.4 cm³/mol. The summed E-state index contributed by atoms with van der Waals surface area (Å²) >= 11 is 0. The van der Waals surface area contributed by atoms with Gasteiger partial charge in [0.25, 0.3) is 0 Å². The molecule has 0 unspecified atom stereocenters. The smallest absolute Gasteiger partial charge is 0.426 e. The molecule has 0 aliphatic rings. The normalized spacial score (nSPS) is 9.90. The second-order valence-corrected chi connectivity index (χ2v) is 3.87. The number of aromatic nitrogens is 2. The van der Waals surface area contributed by atoms with Crippen molar-refractivity contribution < 1.29 is 28.6 Å². The minimum Gasteiger partial charge on any atom is -0.466 e. The van der Waals surface area contributed by atoms with Gasteiger partial charge in [-0.15, -0.1) is 0 Å². The van der Waals surface area contributed by atoms with Gasteiger partial charge in [0, 0.05) is 0 Å². The van der Waals surface area contributed by atoms with Gasteiger partial charge < -0.3 is 14.2 Å². The number of methoxy groups -OCH3 is 2. The number of imidazole rings is 1. The van der Waals surface area contributed by atoms with Gasteiger partial charge in [0.2, 0.25) is 0 Å². The van der Waals surface area contributed by atoms with Gasteiger partial charge in [0.05, 0.1) is 26.5 Å². The summed E-state index contributed by atoms with van der Waals surface area (Å²) < 4.78 is 15.1. The lowest BCUT2D eigenvalue weighted by Crippen LogP contribution is -2.27. The molecule has 1 rings (SSSR count). The zero-order chi connectivity index (χ0) is 16.0. The Balaban J connectivity index is 3.16. The molecule has 0 saturated carbocycles. The maximum absolute atomic E-state index is 11.6. The van der Waals surface area contributed by atoms with Crippen LogP contribution in [-0.4, -0.2) is 48.5 Å². The average molecular weight is 299 g/mol. The zero-order valence-corrected chi connectivity index (χ0v) is 12.3. The van der Waals surface area contributed by atoms with Crippen LogP contribution in [0.15, 0.2) is 0 Å². The maximum Gasteiger partial charge on any atom is 0.426 e. The van der Waals surface area contributed by atoms with Crippen LogP contribution < -0.4 is 5.43 Å². The van der Waals surface area contributed by atoms with Gasteiger partial charge in [-0.25, -0.2) is 24.7 Å². The number of ether oxygens (including phenoxy) is 3. The molecule has 9 heteroatoms. The standard InChI is InChI=1S/C12H17N3O6/c1-5-21-9(16)6-8-13-10(11(17)19-3)7(2)15(8)14-12(18)20-4/h5-6H2,1-4H3,(H,14,18). The Morgan fingerprint density at radius 3 is 2.43 bits per heavy atom. The summed E-state index contributed by atoms with van der Waals surface area (Å²) in [5.74, 6) is -1.08. The van der Waals surface area contributed by atoms with Crippen molar-refractivity contribution >= 4 is 18.0 Å². The van der Waals surface area contributed by atoms with Crippen LogP contribution in [0.3, 0.4) is 0 Å². The Morgan fingerprint density at radius 2 is 1.90 bits per heavy atom. The number of carbonyl (C=O) groups excluding carboxylic acids is 3. The Labute approximate surface area is 121 Å². The fourth-order valence-corrected chi connectivity index (χ4v) is 1.59. The van der Waals surface area contributed by atoms with E-state index >= 15 is 0 Å². The number of nitrogens with one attached hydrogen (secondary N) is 1. The van der Waals surface area contributed by atoms with E-state index in [0.29, 0.717) is 5.69 Å². The first-order chi connectivity index (χ1) is 9.94. The number of amides is 1.